The minimum atomic E-state index is -1.03. The zero-order valence-corrected chi connectivity index (χ0v) is 21.8. The maximum atomic E-state index is 13.3. The molecule has 3 amide bonds. The molecule has 10 heteroatoms. The van der Waals surface area contributed by atoms with Crippen molar-refractivity contribution in [2.45, 2.75) is 44.2 Å². The first-order valence-corrected chi connectivity index (χ1v) is 13.3. The third-order valence-electron chi connectivity index (χ3n) is 7.19. The predicted octanol–water partition coefficient (Wildman–Crippen LogP) is 3.47. The first kappa shape index (κ1) is 27.9. The van der Waals surface area contributed by atoms with Crippen molar-refractivity contribution in [2.75, 3.05) is 26.2 Å². The number of rotatable bonds is 10. The Labute approximate surface area is 227 Å². The third-order valence-corrected chi connectivity index (χ3v) is 7.19. The summed E-state index contributed by atoms with van der Waals surface area (Å²) in [5.74, 6) is -1.72. The van der Waals surface area contributed by atoms with Crippen LogP contribution in [0.1, 0.15) is 54.3 Å². The van der Waals surface area contributed by atoms with Crippen molar-refractivity contribution in [3.05, 3.63) is 83.5 Å². The Morgan fingerprint density at radius 3 is 2.51 bits per heavy atom. The van der Waals surface area contributed by atoms with Gasteiger partial charge < -0.3 is 30.7 Å². The summed E-state index contributed by atoms with van der Waals surface area (Å²) in [6.07, 6.45) is 6.44. The fourth-order valence-corrected chi connectivity index (χ4v) is 5.06. The number of benzene rings is 2. The maximum Gasteiger partial charge on any atom is 0.407 e. The number of carbonyl (C=O) groups is 3. The highest BCUT2D eigenvalue weighted by Crippen LogP contribution is 2.38. The molecule has 1 heterocycles. The van der Waals surface area contributed by atoms with Crippen molar-refractivity contribution < 1.29 is 28.2 Å². The lowest BCUT2D eigenvalue weighted by atomic mass is 9.74. The van der Waals surface area contributed by atoms with Crippen LogP contribution >= 0.6 is 0 Å². The van der Waals surface area contributed by atoms with Crippen molar-refractivity contribution in [2.24, 2.45) is 11.7 Å². The van der Waals surface area contributed by atoms with Gasteiger partial charge in [-0.15, -0.1) is 0 Å². The SMILES string of the molecule is NC(=O)[C@@H](NC(=O)[C@@H]1CCCC[C@H]1c1ccc(COC(=O)NCCN2C=COCC2)cc1)c1ccc(F)cc1. The van der Waals surface area contributed by atoms with Crippen LogP contribution in [0.2, 0.25) is 0 Å². The van der Waals surface area contributed by atoms with Gasteiger partial charge in [-0.25, -0.2) is 9.18 Å². The summed E-state index contributed by atoms with van der Waals surface area (Å²) < 4.78 is 23.8. The molecule has 1 aliphatic carbocycles. The van der Waals surface area contributed by atoms with Gasteiger partial charge in [0.2, 0.25) is 11.8 Å². The lowest BCUT2D eigenvalue weighted by molar-refractivity contribution is -0.131. The van der Waals surface area contributed by atoms with Crippen LogP contribution in [0.3, 0.4) is 0 Å². The minimum absolute atomic E-state index is 0.0204. The second kappa shape index (κ2) is 13.6. The van der Waals surface area contributed by atoms with Crippen LogP contribution in [0.15, 0.2) is 61.0 Å². The number of halogens is 1. The number of hydrogen-bond donors (Lipinski definition) is 3. The molecule has 4 N–H and O–H groups in total. The molecule has 0 aromatic heterocycles. The smallest absolute Gasteiger partial charge is 0.407 e. The Hall–Kier alpha value is -4.08. The van der Waals surface area contributed by atoms with Crippen LogP contribution in [0.4, 0.5) is 9.18 Å². The summed E-state index contributed by atoms with van der Waals surface area (Å²) in [7, 11) is 0. The molecule has 0 radical (unpaired) electrons. The van der Waals surface area contributed by atoms with E-state index in [-0.39, 0.29) is 24.3 Å². The maximum absolute atomic E-state index is 13.3. The van der Waals surface area contributed by atoms with E-state index in [1.54, 1.807) is 6.26 Å². The van der Waals surface area contributed by atoms with Crippen molar-refractivity contribution in [3.8, 4) is 0 Å². The van der Waals surface area contributed by atoms with Gasteiger partial charge >= 0.3 is 6.09 Å². The van der Waals surface area contributed by atoms with Crippen LogP contribution in [-0.2, 0) is 25.7 Å². The first-order valence-electron chi connectivity index (χ1n) is 13.3. The van der Waals surface area contributed by atoms with E-state index in [4.69, 9.17) is 15.2 Å². The Bertz CT molecular complexity index is 1160. The van der Waals surface area contributed by atoms with E-state index < -0.39 is 23.9 Å². The molecule has 208 valence electrons. The average Bonchev–Trinajstić information content (AvgIpc) is 2.96. The number of ether oxygens (including phenoxy) is 2. The molecule has 0 spiro atoms. The van der Waals surface area contributed by atoms with E-state index in [0.29, 0.717) is 31.7 Å². The Balaban J connectivity index is 1.30. The van der Waals surface area contributed by atoms with Gasteiger partial charge in [-0.05, 0) is 47.6 Å². The Kier molecular flexibility index (Phi) is 9.77. The average molecular weight is 539 g/mol. The largest absolute Gasteiger partial charge is 0.498 e. The summed E-state index contributed by atoms with van der Waals surface area (Å²) in [6, 6.07) is 12.1. The van der Waals surface area contributed by atoms with Crippen molar-refractivity contribution >= 4 is 17.9 Å². The Morgan fingerprint density at radius 1 is 1.08 bits per heavy atom. The lowest BCUT2D eigenvalue weighted by Crippen LogP contribution is -2.42. The monoisotopic (exact) mass is 538 g/mol. The summed E-state index contributed by atoms with van der Waals surface area (Å²) in [5.41, 5.74) is 7.85. The van der Waals surface area contributed by atoms with Gasteiger partial charge in [-0.3, -0.25) is 9.59 Å². The van der Waals surface area contributed by atoms with E-state index in [9.17, 15) is 18.8 Å². The van der Waals surface area contributed by atoms with Crippen LogP contribution in [0.25, 0.3) is 0 Å². The second-order valence-electron chi connectivity index (χ2n) is 9.83. The normalized spacial score (nSPS) is 19.5. The molecule has 4 rings (SSSR count). The molecule has 2 aromatic rings. The van der Waals surface area contributed by atoms with Gasteiger partial charge in [0.25, 0.3) is 0 Å². The number of carbonyl (C=O) groups excluding carboxylic acids is 3. The molecule has 1 aliphatic heterocycles. The number of nitrogens with zero attached hydrogens (tertiary/aromatic N) is 1. The number of amides is 3. The van der Waals surface area contributed by atoms with Gasteiger partial charge in [-0.1, -0.05) is 49.2 Å². The van der Waals surface area contributed by atoms with E-state index >= 15 is 0 Å². The van der Waals surface area contributed by atoms with Gasteiger partial charge in [0.1, 0.15) is 25.1 Å². The van der Waals surface area contributed by atoms with Crippen molar-refractivity contribution in [1.82, 2.24) is 15.5 Å². The van der Waals surface area contributed by atoms with E-state index in [0.717, 1.165) is 36.9 Å². The minimum Gasteiger partial charge on any atom is -0.498 e. The fraction of sp³-hybridized carbons (Fsp3) is 0.414. The highest BCUT2D eigenvalue weighted by molar-refractivity contribution is 5.89. The van der Waals surface area contributed by atoms with E-state index in [1.807, 2.05) is 30.5 Å². The molecule has 0 saturated heterocycles. The second-order valence-corrected chi connectivity index (χ2v) is 9.83. The van der Waals surface area contributed by atoms with Gasteiger partial charge in [0.15, 0.2) is 0 Å². The third kappa shape index (κ3) is 7.95. The molecule has 1 fully saturated rings. The molecule has 9 nitrogen and oxygen atoms in total. The van der Waals surface area contributed by atoms with Gasteiger partial charge in [-0.2, -0.15) is 0 Å². The van der Waals surface area contributed by atoms with Gasteiger partial charge in [0, 0.05) is 25.2 Å². The molecule has 2 aromatic carbocycles. The number of nitrogens with one attached hydrogen (secondary N) is 2. The summed E-state index contributed by atoms with van der Waals surface area (Å²) in [6.45, 7) is 2.68. The number of hydrogen-bond acceptors (Lipinski definition) is 6. The number of alkyl carbamates (subject to hydrolysis) is 1. The molecular weight excluding hydrogens is 503 g/mol. The molecular formula is C29H35FN4O5. The molecule has 1 saturated carbocycles. The highest BCUT2D eigenvalue weighted by Gasteiger charge is 2.34. The molecule has 39 heavy (non-hydrogen) atoms. The number of nitrogens with two attached hydrogens (primary N) is 1. The van der Waals surface area contributed by atoms with E-state index in [2.05, 4.69) is 15.5 Å². The van der Waals surface area contributed by atoms with Crippen LogP contribution < -0.4 is 16.4 Å². The van der Waals surface area contributed by atoms with E-state index in [1.165, 1.54) is 24.3 Å². The van der Waals surface area contributed by atoms with Crippen LogP contribution in [-0.4, -0.2) is 49.0 Å². The molecule has 0 unspecified atom stereocenters. The predicted molar refractivity (Wildman–Crippen MR) is 142 cm³/mol. The highest BCUT2D eigenvalue weighted by atomic mass is 19.1. The molecule has 0 bridgehead atoms. The topological polar surface area (TPSA) is 123 Å². The fourth-order valence-electron chi connectivity index (χ4n) is 5.06. The van der Waals surface area contributed by atoms with Crippen LogP contribution in [0.5, 0.6) is 0 Å². The Morgan fingerprint density at radius 2 is 1.82 bits per heavy atom. The zero-order valence-electron chi connectivity index (χ0n) is 21.8. The summed E-state index contributed by atoms with van der Waals surface area (Å²) in [5, 5.41) is 5.54. The molecule has 3 atom stereocenters. The standard InChI is InChI=1S/C29H35FN4O5/c30-23-11-9-22(10-12-23)26(27(31)35)33-28(36)25-4-2-1-3-24(25)21-7-5-20(6-8-21)19-39-29(37)32-13-14-34-15-17-38-18-16-34/h5-12,15,17,24-26H,1-4,13-14,16,18-19H2,(H2,31,35)(H,32,37)(H,33,36)/t24-,25+,26-/m0/s1. The first-order chi connectivity index (χ1) is 18.9. The lowest BCUT2D eigenvalue weighted by Gasteiger charge is -2.32. The molecule has 2 aliphatic rings. The van der Waals surface area contributed by atoms with Gasteiger partial charge in [0.05, 0.1) is 12.8 Å². The quantitative estimate of drug-likeness (QED) is 0.426. The zero-order chi connectivity index (χ0) is 27.6. The van der Waals surface area contributed by atoms with Crippen LogP contribution in [0, 0.1) is 11.7 Å². The number of primary amides is 1. The van der Waals surface area contributed by atoms with Crippen molar-refractivity contribution in [1.29, 1.82) is 0 Å². The summed E-state index contributed by atoms with van der Waals surface area (Å²) in [4.78, 5) is 39.5. The van der Waals surface area contributed by atoms with Crippen molar-refractivity contribution in [3.63, 3.8) is 0 Å². The summed E-state index contributed by atoms with van der Waals surface area (Å²) >= 11 is 0.